The maximum absolute atomic E-state index is 14.4. The number of likely N-dealkylation sites (tertiary alicyclic amines) is 1. The number of ether oxygens (including phenoxy) is 1. The normalized spacial score (nSPS) is 23.7. The summed E-state index contributed by atoms with van der Waals surface area (Å²) in [6, 6.07) is 5.68. The lowest BCUT2D eigenvalue weighted by atomic mass is 9.79. The summed E-state index contributed by atoms with van der Waals surface area (Å²) in [6.45, 7) is 4.97. The van der Waals surface area contributed by atoms with Gasteiger partial charge in [-0.25, -0.2) is 9.50 Å². The third kappa shape index (κ3) is 3.83. The highest BCUT2D eigenvalue weighted by Crippen LogP contribution is 2.50. The van der Waals surface area contributed by atoms with Gasteiger partial charge in [0.1, 0.15) is 0 Å². The molecule has 2 aromatic heterocycles. The van der Waals surface area contributed by atoms with Crippen LogP contribution < -0.4 is 0 Å². The fourth-order valence-corrected chi connectivity index (χ4v) is 6.64. The molecule has 1 spiro atoms. The first-order valence-corrected chi connectivity index (χ1v) is 12.6. The molecule has 1 amide bonds. The van der Waals surface area contributed by atoms with Crippen LogP contribution in [0.1, 0.15) is 73.9 Å². The van der Waals surface area contributed by atoms with E-state index in [0.717, 1.165) is 21.7 Å². The first-order chi connectivity index (χ1) is 17.5. The van der Waals surface area contributed by atoms with Gasteiger partial charge in [-0.3, -0.25) is 4.79 Å². The van der Waals surface area contributed by atoms with Crippen LogP contribution in [-0.2, 0) is 14.9 Å². The Morgan fingerprint density at radius 1 is 1.11 bits per heavy atom. The first-order valence-electron chi connectivity index (χ1n) is 12.6. The number of carbonyl (C=O) groups excluding carboxylic acids is 1. The average Bonchev–Trinajstić information content (AvgIpc) is 3.46. The van der Waals surface area contributed by atoms with Crippen molar-refractivity contribution in [2.45, 2.75) is 63.1 Å². The maximum atomic E-state index is 14.4. The fourth-order valence-electron chi connectivity index (χ4n) is 6.64. The van der Waals surface area contributed by atoms with Crippen LogP contribution in [0.4, 0.5) is 17.6 Å². The minimum atomic E-state index is -4.60. The van der Waals surface area contributed by atoms with E-state index < -0.39 is 29.5 Å². The van der Waals surface area contributed by atoms with Crippen LogP contribution in [0.2, 0.25) is 0 Å². The number of aromatic nitrogens is 3. The molecular formula is C27H28F4N4O2. The summed E-state index contributed by atoms with van der Waals surface area (Å²) in [5.41, 5.74) is 1.97. The monoisotopic (exact) mass is 516 g/mol. The van der Waals surface area contributed by atoms with E-state index in [4.69, 9.17) is 4.74 Å². The van der Waals surface area contributed by atoms with E-state index in [1.54, 1.807) is 18.3 Å². The summed E-state index contributed by atoms with van der Waals surface area (Å²) in [7, 11) is 0. The number of benzene rings is 1. The summed E-state index contributed by atoms with van der Waals surface area (Å²) < 4.78 is 63.9. The molecule has 0 saturated carbocycles. The number of carbonyl (C=O) groups is 1. The summed E-state index contributed by atoms with van der Waals surface area (Å²) >= 11 is 0. The molecular weight excluding hydrogens is 488 g/mol. The summed E-state index contributed by atoms with van der Waals surface area (Å²) in [6.07, 6.45) is -0.858. The maximum Gasteiger partial charge on any atom is 0.413 e. The summed E-state index contributed by atoms with van der Waals surface area (Å²) in [5.74, 6) is -1.15. The van der Waals surface area contributed by atoms with Gasteiger partial charge in [-0.15, -0.1) is 5.10 Å². The minimum Gasteiger partial charge on any atom is -0.381 e. The highest BCUT2D eigenvalue weighted by Gasteiger charge is 2.55. The largest absolute Gasteiger partial charge is 0.413 e. The summed E-state index contributed by atoms with van der Waals surface area (Å²) in [4.78, 5) is 18.6. The molecule has 6 rings (SSSR count). The van der Waals surface area contributed by atoms with Crippen molar-refractivity contribution < 1.29 is 27.1 Å². The zero-order chi connectivity index (χ0) is 26.2. The van der Waals surface area contributed by atoms with E-state index >= 15 is 0 Å². The number of hydrogen-bond donors (Lipinski definition) is 0. The van der Waals surface area contributed by atoms with Crippen LogP contribution in [-0.4, -0.2) is 51.3 Å². The van der Waals surface area contributed by atoms with Gasteiger partial charge in [0.15, 0.2) is 11.7 Å². The molecule has 2 atom stereocenters. The average molecular weight is 517 g/mol. The smallest absolute Gasteiger partial charge is 0.381 e. The van der Waals surface area contributed by atoms with Gasteiger partial charge in [0, 0.05) is 48.9 Å². The van der Waals surface area contributed by atoms with Crippen LogP contribution in [0.25, 0.3) is 5.65 Å². The second kappa shape index (κ2) is 8.24. The molecule has 2 fully saturated rings. The van der Waals surface area contributed by atoms with Gasteiger partial charge >= 0.3 is 6.18 Å². The van der Waals surface area contributed by atoms with Crippen molar-refractivity contribution in [1.29, 1.82) is 0 Å². The molecule has 4 heterocycles. The Morgan fingerprint density at radius 2 is 1.81 bits per heavy atom. The Bertz CT molecular complexity index is 1360. The van der Waals surface area contributed by atoms with Crippen LogP contribution >= 0.6 is 0 Å². The molecule has 1 aliphatic carbocycles. The predicted molar refractivity (Wildman–Crippen MR) is 126 cm³/mol. The molecule has 1 aromatic carbocycles. The molecule has 3 aromatic rings. The van der Waals surface area contributed by atoms with E-state index in [2.05, 4.69) is 10.1 Å². The Hall–Kier alpha value is -3.01. The molecule has 6 nitrogen and oxygen atoms in total. The molecule has 196 valence electrons. The first kappa shape index (κ1) is 24.3. The topological polar surface area (TPSA) is 59.7 Å². The van der Waals surface area contributed by atoms with E-state index in [-0.39, 0.29) is 23.4 Å². The lowest BCUT2D eigenvalue weighted by molar-refractivity contribution is -0.191. The van der Waals surface area contributed by atoms with Crippen molar-refractivity contribution >= 4 is 11.6 Å². The standard InChI is InChI=1S/C27H28F4N4O2/c1-25(2)14-18(19-15-32-21-13-20(28)33-35(21)23(19)25)16-3-5-17(6-4-16)22(27(29,30)31)34-10-7-26(24(34)36)8-11-37-12-9-26/h3-6,13,15,18,22H,7-12,14H2,1-2H3. The second-order valence-corrected chi connectivity index (χ2v) is 11.2. The molecule has 10 heteroatoms. The van der Waals surface area contributed by atoms with Gasteiger partial charge in [-0.05, 0) is 36.8 Å². The minimum absolute atomic E-state index is 0.0499. The van der Waals surface area contributed by atoms with E-state index in [9.17, 15) is 22.4 Å². The molecule has 0 radical (unpaired) electrons. The Kier molecular flexibility index (Phi) is 5.42. The van der Waals surface area contributed by atoms with Crippen molar-refractivity contribution in [2.24, 2.45) is 5.41 Å². The van der Waals surface area contributed by atoms with Crippen molar-refractivity contribution in [2.75, 3.05) is 19.8 Å². The number of nitrogens with zero attached hydrogens (tertiary/aromatic N) is 4. The van der Waals surface area contributed by atoms with Crippen LogP contribution in [0.5, 0.6) is 0 Å². The molecule has 0 N–H and O–H groups in total. The molecule has 0 bridgehead atoms. The highest BCUT2D eigenvalue weighted by molar-refractivity contribution is 5.85. The number of rotatable bonds is 3. The molecule has 37 heavy (non-hydrogen) atoms. The highest BCUT2D eigenvalue weighted by atomic mass is 19.4. The molecule has 3 aliphatic rings. The second-order valence-electron chi connectivity index (χ2n) is 11.2. The van der Waals surface area contributed by atoms with Crippen LogP contribution in [0, 0.1) is 11.4 Å². The predicted octanol–water partition coefficient (Wildman–Crippen LogP) is 5.31. The van der Waals surface area contributed by atoms with Crippen molar-refractivity contribution in [3.8, 4) is 0 Å². The zero-order valence-corrected chi connectivity index (χ0v) is 20.7. The quantitative estimate of drug-likeness (QED) is 0.443. The SMILES string of the molecule is CC1(C)CC(c2ccc(C(N3CCC4(CCOCC4)C3=O)C(F)(F)F)cc2)c2cnc3cc(F)nn3c21. The van der Waals surface area contributed by atoms with Gasteiger partial charge in [-0.2, -0.15) is 17.6 Å². The van der Waals surface area contributed by atoms with Crippen LogP contribution in [0.15, 0.2) is 36.5 Å². The number of alkyl halides is 3. The van der Waals surface area contributed by atoms with E-state index in [0.29, 0.717) is 44.5 Å². The van der Waals surface area contributed by atoms with Crippen molar-refractivity contribution in [1.82, 2.24) is 19.5 Å². The number of fused-ring (bicyclic) bond motifs is 3. The lowest BCUT2D eigenvalue weighted by Crippen LogP contribution is -2.44. The van der Waals surface area contributed by atoms with Crippen molar-refractivity contribution in [3.63, 3.8) is 0 Å². The van der Waals surface area contributed by atoms with E-state index in [1.165, 1.54) is 22.7 Å². The fraction of sp³-hybridized carbons (Fsp3) is 0.519. The van der Waals surface area contributed by atoms with Crippen LogP contribution in [0.3, 0.4) is 0 Å². The number of halogens is 4. The van der Waals surface area contributed by atoms with Gasteiger partial charge < -0.3 is 9.64 Å². The number of hydrogen-bond acceptors (Lipinski definition) is 4. The van der Waals surface area contributed by atoms with Gasteiger partial charge in [-0.1, -0.05) is 38.1 Å². The zero-order valence-electron chi connectivity index (χ0n) is 20.7. The van der Waals surface area contributed by atoms with Gasteiger partial charge in [0.2, 0.25) is 11.9 Å². The van der Waals surface area contributed by atoms with Gasteiger partial charge in [0.05, 0.1) is 11.1 Å². The lowest BCUT2D eigenvalue weighted by Gasteiger charge is -2.35. The van der Waals surface area contributed by atoms with Gasteiger partial charge in [0.25, 0.3) is 0 Å². The molecule has 2 aliphatic heterocycles. The Morgan fingerprint density at radius 3 is 2.49 bits per heavy atom. The number of amides is 1. The Balaban J connectivity index is 1.33. The molecule has 2 unspecified atom stereocenters. The van der Waals surface area contributed by atoms with Crippen molar-refractivity contribution in [3.05, 3.63) is 64.9 Å². The van der Waals surface area contributed by atoms with E-state index in [1.807, 2.05) is 13.8 Å². The Labute approximate surface area is 211 Å². The third-order valence-corrected chi connectivity index (χ3v) is 8.48. The third-order valence-electron chi connectivity index (χ3n) is 8.48. The molecule has 2 saturated heterocycles. The summed E-state index contributed by atoms with van der Waals surface area (Å²) in [5, 5.41) is 3.98.